The average Bonchev–Trinajstić information content (AvgIpc) is 3.48. The van der Waals surface area contributed by atoms with Gasteiger partial charge in [-0.3, -0.25) is 4.79 Å². The lowest BCUT2D eigenvalue weighted by Gasteiger charge is -2.43. The highest BCUT2D eigenvalue weighted by molar-refractivity contribution is 6.28. The summed E-state index contributed by atoms with van der Waals surface area (Å²) >= 11 is 5.62. The number of halogens is 1. The first-order valence-corrected chi connectivity index (χ1v) is 9.55. The number of fused-ring (bicyclic) bond motifs is 1. The molecule has 0 radical (unpaired) electrons. The van der Waals surface area contributed by atoms with Crippen molar-refractivity contribution in [3.63, 3.8) is 0 Å². The van der Waals surface area contributed by atoms with Gasteiger partial charge in [-0.05, 0) is 13.3 Å². The van der Waals surface area contributed by atoms with Crippen LogP contribution in [0.5, 0.6) is 0 Å². The fourth-order valence-electron chi connectivity index (χ4n) is 4.28. The lowest BCUT2D eigenvalue weighted by atomic mass is 9.77. The van der Waals surface area contributed by atoms with Crippen molar-refractivity contribution < 1.29 is 28.5 Å². The van der Waals surface area contributed by atoms with Gasteiger partial charge in [-0.25, -0.2) is 9.69 Å². The van der Waals surface area contributed by atoms with Gasteiger partial charge < -0.3 is 18.9 Å². The van der Waals surface area contributed by atoms with E-state index < -0.39 is 35.5 Å². The molecule has 25 heavy (non-hydrogen) atoms. The van der Waals surface area contributed by atoms with Crippen LogP contribution in [0.2, 0.25) is 0 Å². The topological polar surface area (TPSA) is 80.9 Å². The molecule has 0 aromatic carbocycles. The highest BCUT2D eigenvalue weighted by Gasteiger charge is 2.75. The Morgan fingerprint density at radius 1 is 1.40 bits per heavy atom. The van der Waals surface area contributed by atoms with Gasteiger partial charge in [-0.2, -0.15) is 0 Å². The summed E-state index contributed by atoms with van der Waals surface area (Å²) in [6.45, 7) is 4.68. The van der Waals surface area contributed by atoms with E-state index in [1.807, 2.05) is 6.92 Å². The first-order chi connectivity index (χ1) is 12.0. The van der Waals surface area contributed by atoms with E-state index in [0.717, 1.165) is 17.7 Å². The summed E-state index contributed by atoms with van der Waals surface area (Å²) in [5, 5.41) is 0. The molecule has 4 aliphatic heterocycles. The first-order valence-electron chi connectivity index (χ1n) is 9.01. The molecular weight excluding hydrogens is 350 g/mol. The third kappa shape index (κ3) is 2.67. The van der Waals surface area contributed by atoms with Gasteiger partial charge in [0.05, 0.1) is 12.7 Å². The molecule has 7 nitrogen and oxygen atoms in total. The van der Waals surface area contributed by atoms with E-state index in [9.17, 15) is 9.59 Å². The minimum atomic E-state index is -0.792. The number of imide groups is 1. The SMILES string of the molecule is CCCCCC1OC1[C@@]1(C)O[C@@H]2OC(=O)N(C(=O)CCl)[C@@H]2C[C@@]12CO2. The van der Waals surface area contributed by atoms with E-state index in [1.54, 1.807) is 0 Å². The molecule has 0 aliphatic carbocycles. The van der Waals surface area contributed by atoms with E-state index in [4.69, 9.17) is 30.5 Å². The van der Waals surface area contributed by atoms with Crippen LogP contribution in [-0.4, -0.2) is 65.1 Å². The first kappa shape index (κ1) is 17.5. The van der Waals surface area contributed by atoms with Crippen molar-refractivity contribution in [3.8, 4) is 0 Å². The smallest absolute Gasteiger partial charge is 0.417 e. The van der Waals surface area contributed by atoms with Crippen LogP contribution in [0.15, 0.2) is 0 Å². The van der Waals surface area contributed by atoms with Crippen LogP contribution in [-0.2, 0) is 23.7 Å². The number of unbranched alkanes of at least 4 members (excludes halogenated alkanes) is 2. The van der Waals surface area contributed by atoms with Gasteiger partial charge in [-0.15, -0.1) is 11.6 Å². The molecule has 1 spiro atoms. The lowest BCUT2D eigenvalue weighted by Crippen LogP contribution is -2.62. The highest BCUT2D eigenvalue weighted by Crippen LogP contribution is 2.57. The van der Waals surface area contributed by atoms with Gasteiger partial charge in [-0.1, -0.05) is 26.2 Å². The molecule has 2 unspecified atom stereocenters. The zero-order valence-corrected chi connectivity index (χ0v) is 15.3. The van der Waals surface area contributed by atoms with Crippen LogP contribution < -0.4 is 0 Å². The fourth-order valence-corrected chi connectivity index (χ4v) is 4.41. The van der Waals surface area contributed by atoms with Crippen LogP contribution in [0.4, 0.5) is 4.79 Å². The predicted octanol–water partition coefficient (Wildman–Crippen LogP) is 2.19. The lowest BCUT2D eigenvalue weighted by molar-refractivity contribution is -0.238. The molecule has 0 aromatic heterocycles. The van der Waals surface area contributed by atoms with E-state index in [0.29, 0.717) is 13.0 Å². The van der Waals surface area contributed by atoms with Crippen molar-refractivity contribution in [3.05, 3.63) is 0 Å². The molecule has 140 valence electrons. The van der Waals surface area contributed by atoms with Gasteiger partial charge in [0.25, 0.3) is 0 Å². The maximum Gasteiger partial charge on any atom is 0.419 e. The molecule has 4 rings (SSSR count). The van der Waals surface area contributed by atoms with Gasteiger partial charge >= 0.3 is 6.09 Å². The van der Waals surface area contributed by atoms with E-state index in [2.05, 4.69) is 6.92 Å². The second-order valence-corrected chi connectivity index (χ2v) is 7.79. The largest absolute Gasteiger partial charge is 0.419 e. The number of carbonyl (C=O) groups is 2. The Kier molecular flexibility index (Phi) is 4.26. The second-order valence-electron chi connectivity index (χ2n) is 7.52. The monoisotopic (exact) mass is 373 g/mol. The molecule has 0 bridgehead atoms. The normalized spacial score (nSPS) is 44.6. The van der Waals surface area contributed by atoms with Gasteiger partial charge in [0, 0.05) is 6.42 Å². The number of hydrogen-bond donors (Lipinski definition) is 0. The van der Waals surface area contributed by atoms with E-state index in [1.165, 1.54) is 12.8 Å². The van der Waals surface area contributed by atoms with E-state index >= 15 is 0 Å². The Morgan fingerprint density at radius 3 is 2.80 bits per heavy atom. The third-order valence-corrected chi connectivity index (χ3v) is 6.19. The van der Waals surface area contributed by atoms with Gasteiger partial charge in [0.1, 0.15) is 29.2 Å². The van der Waals surface area contributed by atoms with Crippen LogP contribution in [0.25, 0.3) is 0 Å². The summed E-state index contributed by atoms with van der Waals surface area (Å²) in [5.41, 5.74) is -1.21. The summed E-state index contributed by atoms with van der Waals surface area (Å²) in [6.07, 6.45) is 3.57. The Labute approximate surface area is 151 Å². The van der Waals surface area contributed by atoms with Crippen molar-refractivity contribution in [1.29, 1.82) is 0 Å². The third-order valence-electron chi connectivity index (χ3n) is 5.96. The maximum atomic E-state index is 12.1. The standard InChI is InChI=1S/C17H24ClNO6/c1-3-4-5-6-11-13(23-11)16(2)17(9-22-17)7-10-14(25-16)24-15(21)19(10)12(20)8-18/h10-11,13-14H,3-9H2,1-2H3/t10-,11?,13?,14+,16-,17-/m1/s1. The van der Waals surface area contributed by atoms with Crippen molar-refractivity contribution in [2.24, 2.45) is 0 Å². The zero-order valence-electron chi connectivity index (χ0n) is 14.5. The van der Waals surface area contributed by atoms with Crippen LogP contribution in [0.3, 0.4) is 0 Å². The molecule has 4 saturated heterocycles. The number of rotatable bonds is 6. The van der Waals surface area contributed by atoms with Crippen molar-refractivity contribution in [1.82, 2.24) is 4.90 Å². The Hall–Kier alpha value is -0.890. The molecule has 0 N–H and O–H groups in total. The summed E-state index contributed by atoms with van der Waals surface area (Å²) in [7, 11) is 0. The Balaban J connectivity index is 1.49. The summed E-state index contributed by atoms with van der Waals surface area (Å²) < 4.78 is 23.2. The Morgan fingerprint density at radius 2 is 2.16 bits per heavy atom. The summed E-state index contributed by atoms with van der Waals surface area (Å²) in [5.74, 6) is -0.739. The van der Waals surface area contributed by atoms with Gasteiger partial charge in [0.2, 0.25) is 12.2 Å². The van der Waals surface area contributed by atoms with Crippen LogP contribution in [0.1, 0.15) is 46.0 Å². The molecule has 8 heteroatoms. The maximum absolute atomic E-state index is 12.1. The fraction of sp³-hybridized carbons (Fsp3) is 0.882. The molecule has 6 atom stereocenters. The minimum absolute atomic E-state index is 0.0655. The number of hydrogen-bond acceptors (Lipinski definition) is 6. The molecule has 0 saturated carbocycles. The van der Waals surface area contributed by atoms with Crippen molar-refractivity contribution in [2.45, 2.75) is 81.7 Å². The van der Waals surface area contributed by atoms with Crippen LogP contribution >= 0.6 is 11.6 Å². The molecule has 4 fully saturated rings. The molecular formula is C17H24ClNO6. The highest BCUT2D eigenvalue weighted by atomic mass is 35.5. The molecule has 0 aromatic rings. The van der Waals surface area contributed by atoms with E-state index in [-0.39, 0.29) is 18.1 Å². The molecule has 4 aliphatic rings. The van der Waals surface area contributed by atoms with Crippen molar-refractivity contribution >= 4 is 23.6 Å². The van der Waals surface area contributed by atoms with Crippen LogP contribution in [0, 0.1) is 0 Å². The zero-order chi connectivity index (χ0) is 17.8. The number of alkyl halides is 1. The van der Waals surface area contributed by atoms with Crippen molar-refractivity contribution in [2.75, 3.05) is 12.5 Å². The second kappa shape index (κ2) is 6.08. The summed E-state index contributed by atoms with van der Waals surface area (Å²) in [4.78, 5) is 25.1. The molecule has 2 amide bonds. The average molecular weight is 374 g/mol. The summed E-state index contributed by atoms with van der Waals surface area (Å²) in [6, 6.07) is -0.494. The number of ether oxygens (including phenoxy) is 4. The Bertz CT molecular complexity index is 581. The number of amides is 2. The molecule has 4 heterocycles. The number of epoxide rings is 2. The number of carbonyl (C=O) groups excluding carboxylic acids is 2. The predicted molar refractivity (Wildman–Crippen MR) is 87.2 cm³/mol. The quantitative estimate of drug-likeness (QED) is 0.403. The number of nitrogens with zero attached hydrogens (tertiary/aromatic N) is 1. The minimum Gasteiger partial charge on any atom is -0.417 e. The van der Waals surface area contributed by atoms with Gasteiger partial charge in [0.15, 0.2) is 0 Å².